The lowest BCUT2D eigenvalue weighted by atomic mass is 10.1. The highest BCUT2D eigenvalue weighted by Crippen LogP contribution is 2.20. The molecule has 1 aliphatic heterocycles. The molecule has 0 spiro atoms. The van der Waals surface area contributed by atoms with E-state index in [-0.39, 0.29) is 11.7 Å². The standard InChI is InChI=1S/C13H17FN2O/c1-9-2-3-11(14)6-12(9)13(17)16-5-4-10(7-15)8-16/h2-3,6,10H,4-5,7-8,15H2,1H3. The van der Waals surface area contributed by atoms with Crippen LogP contribution in [0.25, 0.3) is 0 Å². The summed E-state index contributed by atoms with van der Waals surface area (Å²) >= 11 is 0. The first-order valence-corrected chi connectivity index (χ1v) is 5.87. The maximum atomic E-state index is 13.1. The third kappa shape index (κ3) is 2.47. The van der Waals surface area contributed by atoms with Gasteiger partial charge >= 0.3 is 0 Å². The summed E-state index contributed by atoms with van der Waals surface area (Å²) in [5.41, 5.74) is 6.86. The normalized spacial score (nSPS) is 19.7. The van der Waals surface area contributed by atoms with E-state index < -0.39 is 0 Å². The van der Waals surface area contributed by atoms with Gasteiger partial charge in [0, 0.05) is 18.7 Å². The molecule has 0 aliphatic carbocycles. The van der Waals surface area contributed by atoms with Gasteiger partial charge in [-0.1, -0.05) is 6.07 Å². The van der Waals surface area contributed by atoms with Crippen LogP contribution in [0.1, 0.15) is 22.3 Å². The van der Waals surface area contributed by atoms with E-state index >= 15 is 0 Å². The van der Waals surface area contributed by atoms with Gasteiger partial charge in [0.25, 0.3) is 5.91 Å². The van der Waals surface area contributed by atoms with Crippen molar-refractivity contribution in [2.45, 2.75) is 13.3 Å². The second-order valence-electron chi connectivity index (χ2n) is 4.60. The van der Waals surface area contributed by atoms with E-state index in [9.17, 15) is 9.18 Å². The molecule has 1 unspecified atom stereocenters. The van der Waals surface area contributed by atoms with Crippen LogP contribution >= 0.6 is 0 Å². The highest BCUT2D eigenvalue weighted by molar-refractivity contribution is 5.95. The van der Waals surface area contributed by atoms with Crippen LogP contribution in [0.4, 0.5) is 4.39 Å². The molecule has 92 valence electrons. The quantitative estimate of drug-likeness (QED) is 0.847. The smallest absolute Gasteiger partial charge is 0.254 e. The highest BCUT2D eigenvalue weighted by atomic mass is 19.1. The molecule has 1 amide bonds. The Labute approximate surface area is 100 Å². The average Bonchev–Trinajstić information content (AvgIpc) is 2.80. The molecular weight excluding hydrogens is 219 g/mol. The van der Waals surface area contributed by atoms with Gasteiger partial charge < -0.3 is 10.6 Å². The zero-order valence-corrected chi connectivity index (χ0v) is 9.95. The lowest BCUT2D eigenvalue weighted by Crippen LogP contribution is -2.30. The van der Waals surface area contributed by atoms with Crippen molar-refractivity contribution < 1.29 is 9.18 Å². The van der Waals surface area contributed by atoms with E-state index in [1.807, 2.05) is 6.92 Å². The topological polar surface area (TPSA) is 46.3 Å². The Balaban J connectivity index is 2.17. The summed E-state index contributed by atoms with van der Waals surface area (Å²) in [5, 5.41) is 0. The van der Waals surface area contributed by atoms with E-state index in [0.717, 1.165) is 18.5 Å². The predicted octanol–water partition coefficient (Wildman–Crippen LogP) is 1.55. The zero-order valence-electron chi connectivity index (χ0n) is 9.95. The number of likely N-dealkylation sites (tertiary alicyclic amines) is 1. The summed E-state index contributed by atoms with van der Waals surface area (Å²) in [6, 6.07) is 4.32. The van der Waals surface area contributed by atoms with Crippen LogP contribution in [0.5, 0.6) is 0 Å². The molecule has 0 radical (unpaired) electrons. The Kier molecular flexibility index (Phi) is 3.43. The molecule has 0 bridgehead atoms. The first-order valence-electron chi connectivity index (χ1n) is 5.87. The fourth-order valence-electron chi connectivity index (χ4n) is 2.20. The third-order valence-corrected chi connectivity index (χ3v) is 3.34. The molecular formula is C13H17FN2O. The van der Waals surface area contributed by atoms with Crippen LogP contribution in [0.15, 0.2) is 18.2 Å². The van der Waals surface area contributed by atoms with Crippen LogP contribution in [0.3, 0.4) is 0 Å². The lowest BCUT2D eigenvalue weighted by molar-refractivity contribution is 0.0786. The number of carbonyl (C=O) groups is 1. The van der Waals surface area contributed by atoms with Crippen LogP contribution in [0.2, 0.25) is 0 Å². The molecule has 2 N–H and O–H groups in total. The van der Waals surface area contributed by atoms with Gasteiger partial charge in [-0.2, -0.15) is 0 Å². The number of halogens is 1. The van der Waals surface area contributed by atoms with Crippen LogP contribution < -0.4 is 5.73 Å². The monoisotopic (exact) mass is 236 g/mol. The van der Waals surface area contributed by atoms with Crippen molar-refractivity contribution in [1.82, 2.24) is 4.90 Å². The third-order valence-electron chi connectivity index (χ3n) is 3.34. The molecule has 1 atom stereocenters. The molecule has 17 heavy (non-hydrogen) atoms. The maximum absolute atomic E-state index is 13.1. The molecule has 0 saturated carbocycles. The van der Waals surface area contributed by atoms with E-state index in [1.165, 1.54) is 12.1 Å². The van der Waals surface area contributed by atoms with Gasteiger partial charge in [0.1, 0.15) is 5.82 Å². The lowest BCUT2D eigenvalue weighted by Gasteiger charge is -2.17. The largest absolute Gasteiger partial charge is 0.338 e. The van der Waals surface area contributed by atoms with Crippen LogP contribution in [-0.4, -0.2) is 30.4 Å². The number of hydrogen-bond acceptors (Lipinski definition) is 2. The number of aryl methyl sites for hydroxylation is 1. The first-order chi connectivity index (χ1) is 8.11. The Morgan fingerprint density at radius 1 is 1.59 bits per heavy atom. The Morgan fingerprint density at radius 3 is 3.00 bits per heavy atom. The summed E-state index contributed by atoms with van der Waals surface area (Å²) < 4.78 is 13.1. The minimum Gasteiger partial charge on any atom is -0.338 e. The predicted molar refractivity (Wildman–Crippen MR) is 64.2 cm³/mol. The molecule has 1 aliphatic rings. The van der Waals surface area contributed by atoms with E-state index in [2.05, 4.69) is 0 Å². The van der Waals surface area contributed by atoms with Crippen molar-refractivity contribution in [3.8, 4) is 0 Å². The Morgan fingerprint density at radius 2 is 2.35 bits per heavy atom. The number of carbonyl (C=O) groups excluding carboxylic acids is 1. The van der Waals surface area contributed by atoms with Gasteiger partial charge in [0.2, 0.25) is 0 Å². The molecule has 1 heterocycles. The van der Waals surface area contributed by atoms with Gasteiger partial charge in [0.15, 0.2) is 0 Å². The molecule has 2 rings (SSSR count). The van der Waals surface area contributed by atoms with Crippen molar-refractivity contribution in [3.05, 3.63) is 35.1 Å². The number of nitrogens with zero attached hydrogens (tertiary/aromatic N) is 1. The Hall–Kier alpha value is -1.42. The van der Waals surface area contributed by atoms with Gasteiger partial charge in [-0.3, -0.25) is 4.79 Å². The summed E-state index contributed by atoms with van der Waals surface area (Å²) in [4.78, 5) is 14.0. The molecule has 1 saturated heterocycles. The summed E-state index contributed by atoms with van der Waals surface area (Å²) in [6.45, 7) is 3.83. The number of rotatable bonds is 2. The summed E-state index contributed by atoms with van der Waals surface area (Å²) in [5.74, 6) is -0.0701. The molecule has 1 fully saturated rings. The van der Waals surface area contributed by atoms with Crippen molar-refractivity contribution in [2.75, 3.05) is 19.6 Å². The fraction of sp³-hybridized carbons (Fsp3) is 0.462. The van der Waals surface area contributed by atoms with Crippen LogP contribution in [-0.2, 0) is 0 Å². The number of nitrogens with two attached hydrogens (primary N) is 1. The molecule has 1 aromatic rings. The van der Waals surface area contributed by atoms with Gasteiger partial charge in [0.05, 0.1) is 0 Å². The number of hydrogen-bond donors (Lipinski definition) is 1. The van der Waals surface area contributed by atoms with Crippen molar-refractivity contribution in [3.63, 3.8) is 0 Å². The highest BCUT2D eigenvalue weighted by Gasteiger charge is 2.26. The van der Waals surface area contributed by atoms with E-state index in [1.54, 1.807) is 11.0 Å². The van der Waals surface area contributed by atoms with Gasteiger partial charge in [-0.05, 0) is 43.5 Å². The minimum absolute atomic E-state index is 0.0852. The molecule has 3 nitrogen and oxygen atoms in total. The number of benzene rings is 1. The zero-order chi connectivity index (χ0) is 12.4. The SMILES string of the molecule is Cc1ccc(F)cc1C(=O)N1CCC(CN)C1. The Bertz CT molecular complexity index is 433. The van der Waals surface area contributed by atoms with Crippen molar-refractivity contribution in [2.24, 2.45) is 11.7 Å². The maximum Gasteiger partial charge on any atom is 0.254 e. The van der Waals surface area contributed by atoms with Gasteiger partial charge in [-0.25, -0.2) is 4.39 Å². The van der Waals surface area contributed by atoms with E-state index in [0.29, 0.717) is 24.6 Å². The van der Waals surface area contributed by atoms with Gasteiger partial charge in [-0.15, -0.1) is 0 Å². The average molecular weight is 236 g/mol. The first kappa shape index (κ1) is 12.0. The summed E-state index contributed by atoms with van der Waals surface area (Å²) in [7, 11) is 0. The van der Waals surface area contributed by atoms with E-state index in [4.69, 9.17) is 5.73 Å². The second-order valence-corrected chi connectivity index (χ2v) is 4.60. The molecule has 4 heteroatoms. The summed E-state index contributed by atoms with van der Waals surface area (Å²) in [6.07, 6.45) is 0.941. The molecule has 0 aromatic heterocycles. The second kappa shape index (κ2) is 4.84. The fourth-order valence-corrected chi connectivity index (χ4v) is 2.20. The van der Waals surface area contributed by atoms with Crippen molar-refractivity contribution in [1.29, 1.82) is 0 Å². The minimum atomic E-state index is -0.367. The number of amides is 1. The van der Waals surface area contributed by atoms with Crippen molar-refractivity contribution >= 4 is 5.91 Å². The molecule has 1 aromatic carbocycles. The van der Waals surface area contributed by atoms with Crippen LogP contribution in [0, 0.1) is 18.7 Å².